The molecule has 0 atom stereocenters. The van der Waals surface area contributed by atoms with Crippen LogP contribution in [-0.2, 0) is 19.1 Å². The van der Waals surface area contributed by atoms with E-state index in [4.69, 9.17) is 0 Å². The van der Waals surface area contributed by atoms with E-state index in [1.807, 2.05) is 18.7 Å². The van der Waals surface area contributed by atoms with Gasteiger partial charge in [0.25, 0.3) is 5.56 Å². The second-order valence-corrected chi connectivity index (χ2v) is 7.04. The van der Waals surface area contributed by atoms with E-state index in [-0.39, 0.29) is 12.1 Å². The van der Waals surface area contributed by atoms with E-state index < -0.39 is 11.7 Å². The molecule has 0 fully saturated rings. The predicted molar refractivity (Wildman–Crippen MR) is 97.5 cm³/mol. The van der Waals surface area contributed by atoms with Gasteiger partial charge in [0.2, 0.25) is 0 Å². The lowest BCUT2D eigenvalue weighted by Crippen LogP contribution is -2.34. The van der Waals surface area contributed by atoms with Crippen molar-refractivity contribution in [2.75, 3.05) is 11.4 Å². The smallest absolute Gasteiger partial charge is 0.350 e. The minimum atomic E-state index is -4.44. The Morgan fingerprint density at radius 3 is 2.57 bits per heavy atom. The fourth-order valence-electron chi connectivity index (χ4n) is 3.50. The molecule has 0 spiro atoms. The van der Waals surface area contributed by atoms with Gasteiger partial charge in [-0.25, -0.2) is 4.98 Å². The fraction of sp³-hybridized carbons (Fsp3) is 0.368. The number of rotatable bonds is 1. The summed E-state index contributed by atoms with van der Waals surface area (Å²) in [7, 11) is 0. The Morgan fingerprint density at radius 2 is 1.86 bits per heavy atom. The zero-order valence-corrected chi connectivity index (χ0v) is 15.6. The first-order chi connectivity index (χ1) is 13.1. The number of aryl methyl sites for hydroxylation is 2. The minimum Gasteiger partial charge on any atom is -0.350 e. The van der Waals surface area contributed by atoms with Crippen LogP contribution in [0.25, 0.3) is 5.65 Å². The molecule has 0 aromatic carbocycles. The van der Waals surface area contributed by atoms with Crippen LogP contribution in [0.15, 0.2) is 23.1 Å². The molecule has 0 saturated heterocycles. The number of hydrogen-bond donors (Lipinski definition) is 0. The van der Waals surface area contributed by atoms with Gasteiger partial charge in [-0.2, -0.15) is 17.7 Å². The SMILES string of the molecule is Cc1cc(=O)n2nc(N3CCc4ncc(C(F)(F)F)cc4C3)c(C)c(C)c2n1. The molecule has 0 N–H and O–H groups in total. The van der Waals surface area contributed by atoms with Crippen molar-refractivity contribution in [1.82, 2.24) is 19.6 Å². The van der Waals surface area contributed by atoms with E-state index in [2.05, 4.69) is 15.1 Å². The topological polar surface area (TPSA) is 63.4 Å². The average molecular weight is 389 g/mol. The summed E-state index contributed by atoms with van der Waals surface area (Å²) in [6, 6.07) is 2.55. The summed E-state index contributed by atoms with van der Waals surface area (Å²) in [5.74, 6) is 0.570. The number of halogens is 3. The van der Waals surface area contributed by atoms with Gasteiger partial charge in [0.1, 0.15) is 0 Å². The zero-order valence-electron chi connectivity index (χ0n) is 15.6. The first kappa shape index (κ1) is 18.4. The van der Waals surface area contributed by atoms with Crippen LogP contribution in [-0.4, -0.2) is 26.1 Å². The molecule has 1 aliphatic heterocycles. The molecule has 3 aromatic rings. The molecule has 0 saturated carbocycles. The van der Waals surface area contributed by atoms with Crippen molar-refractivity contribution in [1.29, 1.82) is 0 Å². The first-order valence-corrected chi connectivity index (χ1v) is 8.83. The van der Waals surface area contributed by atoms with Crippen molar-refractivity contribution in [3.63, 3.8) is 0 Å². The number of nitrogens with zero attached hydrogens (tertiary/aromatic N) is 5. The quantitative estimate of drug-likeness (QED) is 0.640. The number of pyridine rings is 1. The largest absolute Gasteiger partial charge is 0.417 e. The molecule has 1 aliphatic rings. The third-order valence-electron chi connectivity index (χ3n) is 5.12. The van der Waals surface area contributed by atoms with Crippen LogP contribution < -0.4 is 10.5 Å². The molecular formula is C19H18F3N5O. The predicted octanol–water partition coefficient (Wildman–Crippen LogP) is 2.99. The summed E-state index contributed by atoms with van der Waals surface area (Å²) in [5.41, 5.74) is 2.90. The van der Waals surface area contributed by atoms with E-state index >= 15 is 0 Å². The Hall–Kier alpha value is -2.97. The third-order valence-corrected chi connectivity index (χ3v) is 5.12. The summed E-state index contributed by atoms with van der Waals surface area (Å²) < 4.78 is 40.4. The molecule has 9 heteroatoms. The molecule has 0 unspecified atom stereocenters. The highest BCUT2D eigenvalue weighted by molar-refractivity contribution is 5.60. The van der Waals surface area contributed by atoms with Crippen LogP contribution in [0.1, 0.15) is 33.6 Å². The Morgan fingerprint density at radius 1 is 1.11 bits per heavy atom. The number of hydrogen-bond acceptors (Lipinski definition) is 5. The maximum absolute atomic E-state index is 13.0. The monoisotopic (exact) mass is 389 g/mol. The van der Waals surface area contributed by atoms with Gasteiger partial charge in [-0.1, -0.05) is 0 Å². The van der Waals surface area contributed by atoms with Gasteiger partial charge in [0.15, 0.2) is 11.5 Å². The van der Waals surface area contributed by atoms with Gasteiger partial charge < -0.3 is 4.90 Å². The summed E-state index contributed by atoms with van der Waals surface area (Å²) in [4.78, 5) is 22.6. The highest BCUT2D eigenvalue weighted by Gasteiger charge is 2.33. The number of aromatic nitrogens is 4. The lowest BCUT2D eigenvalue weighted by atomic mass is 10.0. The molecule has 0 amide bonds. The maximum Gasteiger partial charge on any atom is 0.417 e. The normalized spacial score (nSPS) is 14.4. The van der Waals surface area contributed by atoms with Crippen LogP contribution >= 0.6 is 0 Å². The number of alkyl halides is 3. The van der Waals surface area contributed by atoms with Gasteiger partial charge in [-0.15, -0.1) is 5.10 Å². The van der Waals surface area contributed by atoms with Crippen molar-refractivity contribution < 1.29 is 13.2 Å². The van der Waals surface area contributed by atoms with Crippen LogP contribution in [0.5, 0.6) is 0 Å². The van der Waals surface area contributed by atoms with Crippen LogP contribution in [0.3, 0.4) is 0 Å². The van der Waals surface area contributed by atoms with Gasteiger partial charge in [-0.05, 0) is 32.4 Å². The van der Waals surface area contributed by atoms with Crippen molar-refractivity contribution >= 4 is 11.5 Å². The van der Waals surface area contributed by atoms with Gasteiger partial charge >= 0.3 is 6.18 Å². The van der Waals surface area contributed by atoms with Crippen LogP contribution in [0.4, 0.5) is 19.0 Å². The van der Waals surface area contributed by atoms with Crippen molar-refractivity contribution in [2.24, 2.45) is 0 Å². The molecule has 0 bridgehead atoms. The first-order valence-electron chi connectivity index (χ1n) is 8.83. The maximum atomic E-state index is 13.0. The van der Waals surface area contributed by atoms with Crippen molar-refractivity contribution in [2.45, 2.75) is 39.9 Å². The van der Waals surface area contributed by atoms with E-state index in [0.29, 0.717) is 41.4 Å². The molecule has 146 valence electrons. The number of anilines is 1. The lowest BCUT2D eigenvalue weighted by molar-refractivity contribution is -0.137. The summed E-state index contributed by atoms with van der Waals surface area (Å²) in [6.07, 6.45) is -3.05. The molecule has 0 aliphatic carbocycles. The van der Waals surface area contributed by atoms with Crippen molar-refractivity contribution in [3.8, 4) is 0 Å². The standard InChI is InChI=1S/C19H18F3N5O/c1-10-6-16(28)27-17(24-10)11(2)12(3)18(25-27)26-5-4-15-13(9-26)7-14(8-23-15)19(20,21)22/h6-8H,4-5,9H2,1-3H3. The van der Waals surface area contributed by atoms with E-state index in [0.717, 1.165) is 23.4 Å². The molecule has 6 nitrogen and oxygen atoms in total. The van der Waals surface area contributed by atoms with E-state index in [1.165, 1.54) is 10.6 Å². The van der Waals surface area contributed by atoms with Gasteiger partial charge in [0, 0.05) is 54.3 Å². The lowest BCUT2D eigenvalue weighted by Gasteiger charge is -2.31. The van der Waals surface area contributed by atoms with E-state index in [1.54, 1.807) is 6.92 Å². The van der Waals surface area contributed by atoms with Gasteiger partial charge in [0.05, 0.1) is 5.56 Å². The summed E-state index contributed by atoms with van der Waals surface area (Å²) in [5, 5.41) is 4.47. The Labute approximate surface area is 158 Å². The van der Waals surface area contributed by atoms with Crippen molar-refractivity contribution in [3.05, 3.63) is 62.3 Å². The zero-order chi connectivity index (χ0) is 20.2. The second kappa shape index (κ2) is 6.29. The van der Waals surface area contributed by atoms with Gasteiger partial charge in [-0.3, -0.25) is 9.78 Å². The highest BCUT2D eigenvalue weighted by atomic mass is 19.4. The minimum absolute atomic E-state index is 0.249. The molecule has 4 heterocycles. The van der Waals surface area contributed by atoms with E-state index in [9.17, 15) is 18.0 Å². The molecule has 0 radical (unpaired) electrons. The average Bonchev–Trinajstić information content (AvgIpc) is 2.63. The molecule has 4 rings (SSSR count). The van der Waals surface area contributed by atoms with Crippen LogP contribution in [0.2, 0.25) is 0 Å². The molecule has 3 aromatic heterocycles. The third kappa shape index (κ3) is 3.00. The summed E-state index contributed by atoms with van der Waals surface area (Å²) >= 11 is 0. The Bertz CT molecular complexity index is 1150. The van der Waals surface area contributed by atoms with Crippen LogP contribution in [0, 0.1) is 20.8 Å². The molecular weight excluding hydrogens is 371 g/mol. The highest BCUT2D eigenvalue weighted by Crippen LogP contribution is 2.32. The fourth-order valence-corrected chi connectivity index (χ4v) is 3.50. The second-order valence-electron chi connectivity index (χ2n) is 7.04. The number of fused-ring (bicyclic) bond motifs is 2. The molecule has 28 heavy (non-hydrogen) atoms. The Balaban J connectivity index is 1.80. The Kier molecular flexibility index (Phi) is 4.13. The summed E-state index contributed by atoms with van der Waals surface area (Å²) in [6.45, 7) is 6.29.